The van der Waals surface area contributed by atoms with Gasteiger partial charge >= 0.3 is 6.09 Å². The monoisotopic (exact) mass is 436 g/mol. The maximum absolute atomic E-state index is 11.5. The maximum Gasteiger partial charge on any atom is 0.407 e. The van der Waals surface area contributed by atoms with Gasteiger partial charge in [0.2, 0.25) is 5.28 Å². The number of halogens is 2. The molecular weight excluding hydrogens is 424 g/mol. The Morgan fingerprint density at radius 1 is 1.31 bits per heavy atom. The number of piperazine rings is 1. The molecule has 7 nitrogen and oxygen atoms in total. The predicted octanol–water partition coefficient (Wildman–Crippen LogP) is 4.12. The summed E-state index contributed by atoms with van der Waals surface area (Å²) in [5.74, 6) is 0.703. The second-order valence-corrected chi connectivity index (χ2v) is 7.90. The molecule has 9 heteroatoms. The first-order valence-corrected chi connectivity index (χ1v) is 9.49. The molecule has 2 aliphatic heterocycles. The van der Waals surface area contributed by atoms with Crippen molar-refractivity contribution in [3.05, 3.63) is 28.2 Å². The van der Waals surface area contributed by atoms with E-state index in [2.05, 4.69) is 30.8 Å². The summed E-state index contributed by atoms with van der Waals surface area (Å²) in [5.41, 5.74) is 1.40. The Bertz CT molecular complexity index is 1040. The lowest BCUT2D eigenvalue weighted by Gasteiger charge is -2.40. The Morgan fingerprint density at radius 2 is 2.04 bits per heavy atom. The van der Waals surface area contributed by atoms with Crippen molar-refractivity contribution in [1.82, 2.24) is 14.9 Å². The first-order chi connectivity index (χ1) is 12.5. The van der Waals surface area contributed by atoms with Gasteiger partial charge in [0.05, 0.1) is 29.2 Å². The van der Waals surface area contributed by atoms with Gasteiger partial charge in [-0.3, -0.25) is 4.90 Å². The van der Waals surface area contributed by atoms with Gasteiger partial charge in [0.25, 0.3) is 0 Å². The van der Waals surface area contributed by atoms with E-state index in [0.717, 1.165) is 28.1 Å². The van der Waals surface area contributed by atoms with Gasteiger partial charge < -0.3 is 14.4 Å². The molecule has 134 valence electrons. The number of hydrogen-bond donors (Lipinski definition) is 1. The van der Waals surface area contributed by atoms with Crippen LogP contribution in [-0.4, -0.2) is 51.2 Å². The van der Waals surface area contributed by atoms with Gasteiger partial charge in [0.15, 0.2) is 0 Å². The van der Waals surface area contributed by atoms with Crippen molar-refractivity contribution in [2.45, 2.75) is 24.9 Å². The molecule has 2 unspecified atom stereocenters. The molecule has 1 amide bonds. The summed E-state index contributed by atoms with van der Waals surface area (Å²) in [6.45, 7) is 1.17. The number of amides is 1. The van der Waals surface area contributed by atoms with Crippen LogP contribution in [0.2, 0.25) is 5.28 Å². The van der Waals surface area contributed by atoms with E-state index >= 15 is 0 Å². The van der Waals surface area contributed by atoms with Gasteiger partial charge in [-0.05, 0) is 52.5 Å². The zero-order valence-corrected chi connectivity index (χ0v) is 15.9. The number of rotatable bonds is 1. The fourth-order valence-electron chi connectivity index (χ4n) is 4.27. The van der Waals surface area contributed by atoms with Crippen molar-refractivity contribution >= 4 is 61.3 Å². The maximum atomic E-state index is 11.5. The van der Waals surface area contributed by atoms with Crippen LogP contribution in [0.5, 0.6) is 0 Å². The molecular formula is C17H14BrClN4O3. The Labute approximate surface area is 161 Å². The zero-order valence-electron chi connectivity index (χ0n) is 13.5. The lowest BCUT2D eigenvalue weighted by molar-refractivity contribution is 0.114. The quantitative estimate of drug-likeness (QED) is 0.577. The average Bonchev–Trinajstić information content (AvgIpc) is 3.17. The van der Waals surface area contributed by atoms with Crippen LogP contribution in [0.15, 0.2) is 27.3 Å². The molecule has 0 spiro atoms. The molecule has 26 heavy (non-hydrogen) atoms. The molecule has 2 saturated heterocycles. The highest BCUT2D eigenvalue weighted by atomic mass is 79.9. The van der Waals surface area contributed by atoms with Gasteiger partial charge in [-0.1, -0.05) is 0 Å². The summed E-state index contributed by atoms with van der Waals surface area (Å²) >= 11 is 9.73. The first-order valence-electron chi connectivity index (χ1n) is 8.32. The molecule has 2 aromatic heterocycles. The van der Waals surface area contributed by atoms with Crippen LogP contribution in [0, 0.1) is 0 Å². The molecule has 5 rings (SSSR count). The minimum absolute atomic E-state index is 0.0300. The molecule has 2 atom stereocenters. The molecule has 2 aliphatic rings. The number of aromatic nitrogens is 2. The average molecular weight is 438 g/mol. The standard InChI is InChI=1S/C17H14BrClN4O3/c18-11-5-12-13(14-10(11)3-4-26-14)15(21-16(19)20-12)22-6-8-1-2-9(7-22)23(8)17(24)25/h3-5,8-9H,1-2,6-7H2,(H,24,25). The van der Waals surface area contributed by atoms with Gasteiger partial charge in [-0.25, -0.2) is 9.78 Å². The van der Waals surface area contributed by atoms with Crippen molar-refractivity contribution in [3.63, 3.8) is 0 Å². The Balaban J connectivity index is 1.68. The van der Waals surface area contributed by atoms with Crippen LogP contribution in [0.1, 0.15) is 12.8 Å². The fourth-order valence-corrected chi connectivity index (χ4v) is 4.97. The number of hydrogen-bond acceptors (Lipinski definition) is 5. The minimum atomic E-state index is -0.847. The lowest BCUT2D eigenvalue weighted by Crippen LogP contribution is -2.55. The van der Waals surface area contributed by atoms with Crippen LogP contribution >= 0.6 is 27.5 Å². The molecule has 1 N–H and O–H groups in total. The van der Waals surface area contributed by atoms with E-state index in [0.29, 0.717) is 30.0 Å². The summed E-state index contributed by atoms with van der Waals surface area (Å²) in [7, 11) is 0. The Hall–Kier alpha value is -2.06. The number of furan rings is 1. The molecule has 1 aromatic carbocycles. The van der Waals surface area contributed by atoms with E-state index in [1.807, 2.05) is 12.1 Å². The van der Waals surface area contributed by atoms with E-state index in [1.54, 1.807) is 11.2 Å². The summed E-state index contributed by atoms with van der Waals surface area (Å²) in [6, 6.07) is 3.74. The van der Waals surface area contributed by atoms with E-state index in [4.69, 9.17) is 16.0 Å². The van der Waals surface area contributed by atoms with E-state index in [-0.39, 0.29) is 17.4 Å². The summed E-state index contributed by atoms with van der Waals surface area (Å²) < 4.78 is 6.61. The Kier molecular flexibility index (Phi) is 3.55. The van der Waals surface area contributed by atoms with E-state index in [9.17, 15) is 9.90 Å². The highest BCUT2D eigenvalue weighted by Crippen LogP contribution is 2.39. The first kappa shape index (κ1) is 16.1. The minimum Gasteiger partial charge on any atom is -0.465 e. The largest absolute Gasteiger partial charge is 0.465 e. The van der Waals surface area contributed by atoms with Gasteiger partial charge in [-0.2, -0.15) is 4.98 Å². The third-order valence-electron chi connectivity index (χ3n) is 5.31. The third kappa shape index (κ3) is 2.28. The van der Waals surface area contributed by atoms with Crippen molar-refractivity contribution in [2.24, 2.45) is 0 Å². The topological polar surface area (TPSA) is 82.7 Å². The highest BCUT2D eigenvalue weighted by molar-refractivity contribution is 9.10. The van der Waals surface area contributed by atoms with Crippen molar-refractivity contribution in [2.75, 3.05) is 18.0 Å². The lowest BCUT2D eigenvalue weighted by atomic mass is 10.1. The van der Waals surface area contributed by atoms with Gasteiger partial charge in [0, 0.05) is 22.9 Å². The summed E-state index contributed by atoms with van der Waals surface area (Å²) in [4.78, 5) is 24.1. The van der Waals surface area contributed by atoms with Crippen molar-refractivity contribution in [3.8, 4) is 0 Å². The SMILES string of the molecule is O=C(O)N1C2CCC1CN(c1nc(Cl)nc3cc(Br)c4ccoc4c13)C2. The van der Waals surface area contributed by atoms with E-state index < -0.39 is 6.09 Å². The molecule has 0 radical (unpaired) electrons. The van der Waals surface area contributed by atoms with Crippen molar-refractivity contribution in [1.29, 1.82) is 0 Å². The van der Waals surface area contributed by atoms with Crippen LogP contribution < -0.4 is 4.90 Å². The smallest absolute Gasteiger partial charge is 0.407 e. The summed E-state index contributed by atoms with van der Waals surface area (Å²) in [6.07, 6.45) is 2.53. The number of benzene rings is 1. The second-order valence-electron chi connectivity index (χ2n) is 6.71. The molecule has 2 fully saturated rings. The molecule has 0 aliphatic carbocycles. The Morgan fingerprint density at radius 3 is 2.73 bits per heavy atom. The second kappa shape index (κ2) is 5.72. The molecule has 0 saturated carbocycles. The third-order valence-corrected chi connectivity index (χ3v) is 6.13. The summed E-state index contributed by atoms with van der Waals surface area (Å²) in [5, 5.41) is 11.4. The van der Waals surface area contributed by atoms with Crippen LogP contribution in [0.4, 0.5) is 10.6 Å². The van der Waals surface area contributed by atoms with Crippen LogP contribution in [0.25, 0.3) is 21.9 Å². The predicted molar refractivity (Wildman–Crippen MR) is 101 cm³/mol. The number of carboxylic acid groups (broad SMARTS) is 1. The van der Waals surface area contributed by atoms with Crippen molar-refractivity contribution < 1.29 is 14.3 Å². The highest BCUT2D eigenvalue weighted by Gasteiger charge is 2.43. The number of anilines is 1. The van der Waals surface area contributed by atoms with Gasteiger partial charge in [-0.15, -0.1) is 0 Å². The van der Waals surface area contributed by atoms with Crippen LogP contribution in [-0.2, 0) is 0 Å². The number of nitrogens with zero attached hydrogens (tertiary/aromatic N) is 4. The van der Waals surface area contributed by atoms with E-state index in [1.165, 1.54) is 0 Å². The van der Waals surface area contributed by atoms with Crippen LogP contribution in [0.3, 0.4) is 0 Å². The fraction of sp³-hybridized carbons (Fsp3) is 0.353. The molecule has 3 aromatic rings. The molecule has 2 bridgehead atoms. The van der Waals surface area contributed by atoms with Gasteiger partial charge in [0.1, 0.15) is 11.4 Å². The molecule has 4 heterocycles. The number of carbonyl (C=O) groups is 1. The zero-order chi connectivity index (χ0) is 18.0. The number of fused-ring (bicyclic) bond motifs is 5. The normalized spacial score (nSPS) is 22.5.